The van der Waals surface area contributed by atoms with Crippen LogP contribution in [0.15, 0.2) is 0 Å². The fourth-order valence-corrected chi connectivity index (χ4v) is 0.885. The van der Waals surface area contributed by atoms with Gasteiger partial charge in [0.05, 0.1) is 0 Å². The molecule has 8 N–H and O–H groups in total. The first-order chi connectivity index (χ1) is 12.0. The summed E-state index contributed by atoms with van der Waals surface area (Å²) in [7, 11) is 3.47. The Hall–Kier alpha value is -2.04. The Morgan fingerprint density at radius 2 is 1.32 bits per heavy atom. The number of carbonyl (C=O) groups excluding carboxylic acids is 3. The van der Waals surface area contributed by atoms with E-state index in [2.05, 4.69) is 11.1 Å². The molecule has 0 aliphatic rings. The van der Waals surface area contributed by atoms with Crippen LogP contribution >= 0.6 is 0 Å². The van der Waals surface area contributed by atoms with Crippen LogP contribution in [-0.2, 0) is 14.4 Å². The van der Waals surface area contributed by atoms with E-state index in [1.807, 2.05) is 0 Å². The molecule has 0 fully saturated rings. The number of aliphatic hydroxyl groups is 2. The summed E-state index contributed by atoms with van der Waals surface area (Å²) < 4.78 is 0. The number of hydrogen-bond donors (Lipinski definition) is 6. The van der Waals surface area contributed by atoms with Crippen LogP contribution in [0, 0.1) is 0 Å². The number of carboxylic acids is 1. The zero-order valence-corrected chi connectivity index (χ0v) is 15.4. The van der Waals surface area contributed by atoms with Gasteiger partial charge in [-0.15, -0.1) is 0 Å². The predicted molar refractivity (Wildman–Crippen MR) is 96.1 cm³/mol. The lowest BCUT2D eigenvalue weighted by molar-refractivity contribution is -0.137. The summed E-state index contributed by atoms with van der Waals surface area (Å²) in [6.07, 6.45) is 6.42. The third kappa shape index (κ3) is 88.2. The van der Waals surface area contributed by atoms with Crippen molar-refractivity contribution in [1.29, 1.82) is 0 Å². The van der Waals surface area contributed by atoms with Crippen molar-refractivity contribution in [2.45, 2.75) is 44.9 Å². The smallest absolute Gasteiger partial charge is 0.311 e. The van der Waals surface area contributed by atoms with E-state index in [4.69, 9.17) is 21.1 Å². The van der Waals surface area contributed by atoms with Crippen LogP contribution in [0.4, 0.5) is 4.79 Å². The van der Waals surface area contributed by atoms with Crippen molar-refractivity contribution in [1.82, 2.24) is 5.32 Å². The van der Waals surface area contributed by atoms with E-state index in [1.165, 1.54) is 7.05 Å². The summed E-state index contributed by atoms with van der Waals surface area (Å²) >= 11 is 0. The summed E-state index contributed by atoms with van der Waals surface area (Å²) in [5, 5.41) is 24.2. The molecule has 25 heavy (non-hydrogen) atoms. The summed E-state index contributed by atoms with van der Waals surface area (Å²) in [4.78, 5) is 38.6. The summed E-state index contributed by atoms with van der Waals surface area (Å²) in [6, 6.07) is -0.495. The maximum absolute atomic E-state index is 9.76. The summed E-state index contributed by atoms with van der Waals surface area (Å²) in [6.45, 7) is 0.749. The highest BCUT2D eigenvalue weighted by Gasteiger charge is 1.93. The molecule has 0 bridgehead atoms. The van der Waals surface area contributed by atoms with Gasteiger partial charge in [0.15, 0.2) is 0 Å². The van der Waals surface area contributed by atoms with Crippen LogP contribution in [0.3, 0.4) is 0 Å². The third-order valence-electron chi connectivity index (χ3n) is 1.99. The minimum absolute atomic E-state index is 0.0960. The van der Waals surface area contributed by atoms with Crippen molar-refractivity contribution in [3.05, 3.63) is 0 Å². The molecule has 0 aliphatic heterocycles. The highest BCUT2D eigenvalue weighted by Crippen LogP contribution is 1.94. The SMILES string of the molecule is CNC(N)=O.CO.CO.NCCCCCC=O.O=CCCCC(=O)O. The highest BCUT2D eigenvalue weighted by atomic mass is 16.4. The molecule has 10 heteroatoms. The van der Waals surface area contributed by atoms with Gasteiger partial charge in [0.2, 0.25) is 0 Å². The van der Waals surface area contributed by atoms with Crippen LogP contribution in [-0.4, -0.2) is 67.7 Å². The van der Waals surface area contributed by atoms with Crippen LogP contribution in [0.5, 0.6) is 0 Å². The van der Waals surface area contributed by atoms with Crippen molar-refractivity contribution in [2.75, 3.05) is 27.8 Å². The van der Waals surface area contributed by atoms with Crippen molar-refractivity contribution < 1.29 is 34.5 Å². The Labute approximate surface area is 149 Å². The lowest BCUT2D eigenvalue weighted by Gasteiger charge is -1.90. The molecule has 0 atom stereocenters. The number of primary amides is 1. The van der Waals surface area contributed by atoms with Crippen LogP contribution in [0.2, 0.25) is 0 Å². The summed E-state index contributed by atoms with van der Waals surface area (Å²) in [5.41, 5.74) is 9.76. The van der Waals surface area contributed by atoms with Crippen molar-refractivity contribution >= 4 is 24.6 Å². The van der Waals surface area contributed by atoms with Gasteiger partial charge in [-0.05, 0) is 25.8 Å². The minimum Gasteiger partial charge on any atom is -0.481 e. The largest absolute Gasteiger partial charge is 0.481 e. The number of aldehydes is 2. The molecule has 0 radical (unpaired) electrons. The summed E-state index contributed by atoms with van der Waals surface area (Å²) in [5.74, 6) is -0.841. The maximum Gasteiger partial charge on any atom is 0.311 e. The Morgan fingerprint density at radius 1 is 0.920 bits per heavy atom. The van der Waals surface area contributed by atoms with Gasteiger partial charge in [-0.1, -0.05) is 6.42 Å². The van der Waals surface area contributed by atoms with Gasteiger partial charge < -0.3 is 41.7 Å². The van der Waals surface area contributed by atoms with Crippen molar-refractivity contribution in [3.63, 3.8) is 0 Å². The molecule has 10 nitrogen and oxygen atoms in total. The first kappa shape index (κ1) is 34.3. The third-order valence-corrected chi connectivity index (χ3v) is 1.99. The zero-order chi connectivity index (χ0) is 20.9. The quantitative estimate of drug-likeness (QED) is 0.234. The first-order valence-corrected chi connectivity index (χ1v) is 7.61. The van der Waals surface area contributed by atoms with E-state index in [-0.39, 0.29) is 6.42 Å². The molecular formula is C15H35N3O7. The van der Waals surface area contributed by atoms with Crippen LogP contribution in [0.1, 0.15) is 44.9 Å². The average Bonchev–Trinajstić information content (AvgIpc) is 2.63. The number of hydrogen-bond acceptors (Lipinski definition) is 7. The number of aliphatic hydroxyl groups excluding tert-OH is 2. The number of rotatable bonds is 9. The van der Waals surface area contributed by atoms with Gasteiger partial charge >= 0.3 is 12.0 Å². The van der Waals surface area contributed by atoms with Gasteiger partial charge in [-0.3, -0.25) is 4.79 Å². The van der Waals surface area contributed by atoms with Crippen molar-refractivity contribution in [3.8, 4) is 0 Å². The monoisotopic (exact) mass is 369 g/mol. The first-order valence-electron chi connectivity index (χ1n) is 7.61. The molecule has 0 aromatic heterocycles. The van der Waals surface area contributed by atoms with E-state index in [0.717, 1.165) is 52.6 Å². The molecule has 2 amide bonds. The number of carboxylic acid groups (broad SMARTS) is 1. The Bertz CT molecular complexity index is 278. The van der Waals surface area contributed by atoms with E-state index in [1.54, 1.807) is 0 Å². The average molecular weight is 369 g/mol. The second kappa shape index (κ2) is 43.1. The van der Waals surface area contributed by atoms with E-state index < -0.39 is 12.0 Å². The van der Waals surface area contributed by atoms with Gasteiger partial charge in [0.25, 0.3) is 0 Å². The van der Waals surface area contributed by atoms with Crippen LogP contribution < -0.4 is 16.8 Å². The van der Waals surface area contributed by atoms with Gasteiger partial charge in [-0.25, -0.2) is 4.79 Å². The topological polar surface area (TPSA) is 193 Å². The molecule has 0 rings (SSSR count). The highest BCUT2D eigenvalue weighted by molar-refractivity contribution is 5.71. The Balaban J connectivity index is -0.0000000740. The Morgan fingerprint density at radius 3 is 1.60 bits per heavy atom. The van der Waals surface area contributed by atoms with Gasteiger partial charge in [0, 0.05) is 40.5 Å². The second-order valence-electron chi connectivity index (χ2n) is 3.87. The molecule has 0 spiro atoms. The van der Waals surface area contributed by atoms with E-state index in [9.17, 15) is 19.2 Å². The zero-order valence-electron chi connectivity index (χ0n) is 15.4. The van der Waals surface area contributed by atoms with E-state index in [0.29, 0.717) is 19.3 Å². The number of nitrogens with two attached hydrogens (primary N) is 2. The molecule has 0 aromatic rings. The van der Waals surface area contributed by atoms with Gasteiger partial charge in [0.1, 0.15) is 12.6 Å². The van der Waals surface area contributed by atoms with Gasteiger partial charge in [-0.2, -0.15) is 0 Å². The molecule has 0 heterocycles. The fourth-order valence-electron chi connectivity index (χ4n) is 0.885. The van der Waals surface area contributed by atoms with Crippen molar-refractivity contribution in [2.24, 2.45) is 11.5 Å². The number of unbranched alkanes of at least 4 members (excludes halogenated alkanes) is 4. The normalized spacial score (nSPS) is 7.44. The number of urea groups is 1. The second-order valence-corrected chi connectivity index (χ2v) is 3.87. The molecule has 0 aromatic carbocycles. The number of aliphatic carboxylic acids is 1. The molecule has 152 valence electrons. The molecule has 0 unspecified atom stereocenters. The fraction of sp³-hybridized carbons (Fsp3) is 0.733. The predicted octanol–water partition coefficient (Wildman–Crippen LogP) is -0.354. The lowest BCUT2D eigenvalue weighted by atomic mass is 10.2. The van der Waals surface area contributed by atoms with E-state index >= 15 is 0 Å². The number of nitrogens with one attached hydrogen (secondary N) is 1. The molecule has 0 saturated heterocycles. The minimum atomic E-state index is -0.841. The standard InChI is InChI=1S/C6H13NO.C5H8O3.C2H6N2O.2CH4O/c7-5-3-1-2-4-6-8;6-4-2-1-3-5(7)8;1-4-2(3)5;2*1-2/h6H,1-5,7H2;4H,1-3H2,(H,7,8);1H3,(H3,3,4,5);2*2H,1H3. The molecule has 0 aliphatic carbocycles. The maximum atomic E-state index is 9.76. The number of amides is 2. The lowest BCUT2D eigenvalue weighted by Crippen LogP contribution is -2.24. The van der Waals surface area contributed by atoms with Crippen LogP contribution in [0.25, 0.3) is 0 Å². The molecule has 0 saturated carbocycles. The molecular weight excluding hydrogens is 334 g/mol. The Kier molecular flexibility index (Phi) is 59.2. The number of carbonyl (C=O) groups is 4.